The quantitative estimate of drug-likeness (QED) is 0.911. The molecule has 0 radical (unpaired) electrons. The number of carboxylic acid groups (broad SMARTS) is 1. The molecular weight excluding hydrogens is 240 g/mol. The molecule has 0 aliphatic heterocycles. The Morgan fingerprint density at radius 3 is 2.88 bits per heavy atom. The van der Waals surface area contributed by atoms with Crippen LogP contribution in [0.4, 0.5) is 0 Å². The highest BCUT2D eigenvalue weighted by atomic mass is 35.5. The van der Waals surface area contributed by atoms with Crippen LogP contribution in [-0.2, 0) is 6.54 Å². The molecule has 0 unspecified atom stereocenters. The van der Waals surface area contributed by atoms with Crippen molar-refractivity contribution in [3.05, 3.63) is 52.6 Å². The van der Waals surface area contributed by atoms with Crippen LogP contribution in [0.2, 0.25) is 5.02 Å². The van der Waals surface area contributed by atoms with Crippen molar-refractivity contribution in [2.45, 2.75) is 13.5 Å². The minimum atomic E-state index is -1.02. The molecule has 1 N–H and O–H groups in total. The van der Waals surface area contributed by atoms with Crippen molar-refractivity contribution in [3.63, 3.8) is 0 Å². The maximum absolute atomic E-state index is 10.7. The maximum atomic E-state index is 10.7. The standard InChI is InChI=1S/C12H11ClN2O2/c1-8-2-3-9(4-10(8)13)5-15-6-11(12(16)17)14-7-15/h2-4,6-7H,5H2,1H3,(H,16,17). The largest absolute Gasteiger partial charge is 0.476 e. The second-order valence-corrected chi connectivity index (χ2v) is 4.23. The summed E-state index contributed by atoms with van der Waals surface area (Å²) in [6.45, 7) is 2.49. The maximum Gasteiger partial charge on any atom is 0.356 e. The van der Waals surface area contributed by atoms with Gasteiger partial charge in [0.15, 0.2) is 5.69 Å². The number of nitrogens with zero attached hydrogens (tertiary/aromatic N) is 2. The molecule has 0 saturated heterocycles. The first-order chi connectivity index (χ1) is 8.06. The molecule has 0 bridgehead atoms. The molecular formula is C12H11ClN2O2. The molecule has 1 heterocycles. The molecule has 0 saturated carbocycles. The van der Waals surface area contributed by atoms with Crippen LogP contribution in [-0.4, -0.2) is 20.6 Å². The van der Waals surface area contributed by atoms with E-state index in [2.05, 4.69) is 4.98 Å². The zero-order valence-corrected chi connectivity index (χ0v) is 9.98. The zero-order valence-electron chi connectivity index (χ0n) is 9.22. The number of imidazole rings is 1. The lowest BCUT2D eigenvalue weighted by atomic mass is 10.1. The Hall–Kier alpha value is -1.81. The highest BCUT2D eigenvalue weighted by Crippen LogP contribution is 2.17. The summed E-state index contributed by atoms with van der Waals surface area (Å²) in [6, 6.07) is 5.77. The number of hydrogen-bond donors (Lipinski definition) is 1. The number of carboxylic acids is 1. The lowest BCUT2D eigenvalue weighted by molar-refractivity contribution is 0.0691. The molecule has 17 heavy (non-hydrogen) atoms. The van der Waals surface area contributed by atoms with Crippen molar-refractivity contribution in [2.75, 3.05) is 0 Å². The first-order valence-electron chi connectivity index (χ1n) is 5.06. The van der Waals surface area contributed by atoms with E-state index in [0.29, 0.717) is 11.6 Å². The molecule has 5 heteroatoms. The second-order valence-electron chi connectivity index (χ2n) is 3.82. The molecule has 0 aliphatic carbocycles. The molecule has 88 valence electrons. The van der Waals surface area contributed by atoms with Crippen LogP contribution in [0.5, 0.6) is 0 Å². The Morgan fingerprint density at radius 1 is 1.53 bits per heavy atom. The molecule has 0 amide bonds. The number of aromatic carboxylic acids is 1. The van der Waals surface area contributed by atoms with Gasteiger partial charge >= 0.3 is 5.97 Å². The highest BCUT2D eigenvalue weighted by Gasteiger charge is 2.06. The van der Waals surface area contributed by atoms with Gasteiger partial charge in [0.25, 0.3) is 0 Å². The van der Waals surface area contributed by atoms with Crippen molar-refractivity contribution in [3.8, 4) is 0 Å². The van der Waals surface area contributed by atoms with Gasteiger partial charge in [0.05, 0.1) is 6.33 Å². The van der Waals surface area contributed by atoms with E-state index in [1.54, 1.807) is 4.57 Å². The Morgan fingerprint density at radius 2 is 2.29 bits per heavy atom. The molecule has 2 aromatic rings. The van der Waals surface area contributed by atoms with E-state index in [0.717, 1.165) is 11.1 Å². The van der Waals surface area contributed by atoms with Crippen LogP contribution < -0.4 is 0 Å². The SMILES string of the molecule is Cc1ccc(Cn2cnc(C(=O)O)c2)cc1Cl. The van der Waals surface area contributed by atoms with Crippen LogP contribution in [0, 0.1) is 6.92 Å². The zero-order chi connectivity index (χ0) is 12.4. The molecule has 0 spiro atoms. The van der Waals surface area contributed by atoms with E-state index in [4.69, 9.17) is 16.7 Å². The van der Waals surface area contributed by atoms with Gasteiger partial charge in [-0.3, -0.25) is 0 Å². The van der Waals surface area contributed by atoms with Gasteiger partial charge in [0.2, 0.25) is 0 Å². The van der Waals surface area contributed by atoms with Crippen molar-refractivity contribution >= 4 is 17.6 Å². The number of halogens is 1. The van der Waals surface area contributed by atoms with Crippen LogP contribution in [0.1, 0.15) is 21.6 Å². The summed E-state index contributed by atoms with van der Waals surface area (Å²) in [4.78, 5) is 14.5. The predicted octanol–water partition coefficient (Wildman–Crippen LogP) is 2.59. The van der Waals surface area contributed by atoms with Gasteiger partial charge in [0, 0.05) is 17.8 Å². The van der Waals surface area contributed by atoms with Crippen LogP contribution in [0.15, 0.2) is 30.7 Å². The Bertz CT molecular complexity index is 563. The minimum Gasteiger partial charge on any atom is -0.476 e. The topological polar surface area (TPSA) is 55.1 Å². The molecule has 2 rings (SSSR count). The van der Waals surface area contributed by atoms with Gasteiger partial charge in [-0.1, -0.05) is 23.7 Å². The summed E-state index contributed by atoms with van der Waals surface area (Å²) in [7, 11) is 0. The predicted molar refractivity (Wildman–Crippen MR) is 64.5 cm³/mol. The van der Waals surface area contributed by atoms with Gasteiger partial charge in [-0.15, -0.1) is 0 Å². The number of aromatic nitrogens is 2. The average Bonchev–Trinajstić information content (AvgIpc) is 2.72. The van der Waals surface area contributed by atoms with Crippen LogP contribution in [0.25, 0.3) is 0 Å². The van der Waals surface area contributed by atoms with E-state index in [1.807, 2.05) is 25.1 Å². The van der Waals surface area contributed by atoms with Gasteiger partial charge in [-0.25, -0.2) is 9.78 Å². The number of carbonyl (C=O) groups is 1. The first-order valence-corrected chi connectivity index (χ1v) is 5.44. The minimum absolute atomic E-state index is 0.0446. The van der Waals surface area contributed by atoms with Crippen LogP contribution in [0.3, 0.4) is 0 Å². The Balaban J connectivity index is 2.19. The molecule has 4 nitrogen and oxygen atoms in total. The number of benzene rings is 1. The molecule has 0 aliphatic rings. The lowest BCUT2D eigenvalue weighted by Crippen LogP contribution is -1.98. The fourth-order valence-electron chi connectivity index (χ4n) is 1.50. The normalized spacial score (nSPS) is 10.5. The molecule has 1 aromatic heterocycles. The van der Waals surface area contributed by atoms with Gasteiger partial charge in [-0.2, -0.15) is 0 Å². The summed E-state index contributed by atoms with van der Waals surface area (Å²) in [5, 5.41) is 9.46. The number of rotatable bonds is 3. The fraction of sp³-hybridized carbons (Fsp3) is 0.167. The number of aryl methyl sites for hydroxylation is 1. The van der Waals surface area contributed by atoms with Crippen molar-refractivity contribution in [2.24, 2.45) is 0 Å². The fourth-order valence-corrected chi connectivity index (χ4v) is 1.71. The third kappa shape index (κ3) is 2.65. The highest BCUT2D eigenvalue weighted by molar-refractivity contribution is 6.31. The first kappa shape index (κ1) is 11.7. The smallest absolute Gasteiger partial charge is 0.356 e. The van der Waals surface area contributed by atoms with E-state index in [1.165, 1.54) is 12.5 Å². The van der Waals surface area contributed by atoms with Crippen molar-refractivity contribution in [1.29, 1.82) is 0 Å². The van der Waals surface area contributed by atoms with Crippen molar-refractivity contribution < 1.29 is 9.90 Å². The Labute approximate surface area is 103 Å². The van der Waals surface area contributed by atoms with Crippen LogP contribution >= 0.6 is 11.6 Å². The molecule has 1 aromatic carbocycles. The van der Waals surface area contributed by atoms with E-state index in [-0.39, 0.29) is 5.69 Å². The van der Waals surface area contributed by atoms with Gasteiger partial charge in [-0.05, 0) is 24.1 Å². The Kier molecular flexibility index (Phi) is 3.15. The van der Waals surface area contributed by atoms with E-state index < -0.39 is 5.97 Å². The number of hydrogen-bond acceptors (Lipinski definition) is 2. The second kappa shape index (κ2) is 4.59. The summed E-state index contributed by atoms with van der Waals surface area (Å²) >= 11 is 6.02. The van der Waals surface area contributed by atoms with E-state index >= 15 is 0 Å². The van der Waals surface area contributed by atoms with Gasteiger partial charge in [0.1, 0.15) is 0 Å². The summed E-state index contributed by atoms with van der Waals surface area (Å²) < 4.78 is 1.71. The van der Waals surface area contributed by atoms with E-state index in [9.17, 15) is 4.79 Å². The average molecular weight is 251 g/mol. The molecule has 0 fully saturated rings. The molecule has 0 atom stereocenters. The summed E-state index contributed by atoms with van der Waals surface area (Å²) in [5.74, 6) is -1.02. The summed E-state index contributed by atoms with van der Waals surface area (Å²) in [5.41, 5.74) is 2.07. The third-order valence-electron chi connectivity index (χ3n) is 2.45. The summed E-state index contributed by atoms with van der Waals surface area (Å²) in [6.07, 6.45) is 2.99. The monoisotopic (exact) mass is 250 g/mol. The van der Waals surface area contributed by atoms with Crippen molar-refractivity contribution in [1.82, 2.24) is 9.55 Å². The lowest BCUT2D eigenvalue weighted by Gasteiger charge is -2.04. The third-order valence-corrected chi connectivity index (χ3v) is 2.86. The van der Waals surface area contributed by atoms with Gasteiger partial charge < -0.3 is 9.67 Å².